The molecule has 1 heterocycles. The number of ether oxygens (including phenoxy) is 2. The van der Waals surface area contributed by atoms with Crippen molar-refractivity contribution in [3.8, 4) is 5.75 Å². The summed E-state index contributed by atoms with van der Waals surface area (Å²) in [5.74, 6) is 0.311. The molecule has 3 rings (SSSR count). The van der Waals surface area contributed by atoms with E-state index in [-0.39, 0.29) is 28.9 Å². The first-order valence-electron chi connectivity index (χ1n) is 11.0. The van der Waals surface area contributed by atoms with Crippen molar-refractivity contribution in [2.75, 3.05) is 38.6 Å². The summed E-state index contributed by atoms with van der Waals surface area (Å²) in [7, 11) is -0.404. The van der Waals surface area contributed by atoms with Crippen molar-refractivity contribution >= 4 is 21.6 Å². The largest absolute Gasteiger partial charge is 0.491 e. The molecule has 0 saturated heterocycles. The monoisotopic (exact) mass is 475 g/mol. The highest BCUT2D eigenvalue weighted by atomic mass is 32.2. The number of hydrogen-bond donors (Lipinski definition) is 2. The average Bonchev–Trinajstić information content (AvgIpc) is 2.78. The molecule has 0 aliphatic carbocycles. The Balaban J connectivity index is 1.91. The van der Waals surface area contributed by atoms with E-state index in [1.807, 2.05) is 13.8 Å². The smallest absolute Gasteiger partial charge is 0.261 e. The Morgan fingerprint density at radius 2 is 1.85 bits per heavy atom. The molecule has 9 heteroatoms. The van der Waals surface area contributed by atoms with Crippen LogP contribution in [0.4, 0.5) is 5.69 Å². The zero-order valence-corrected chi connectivity index (χ0v) is 20.6. The Morgan fingerprint density at radius 1 is 1.15 bits per heavy atom. The molecule has 0 saturated carbocycles. The highest BCUT2D eigenvalue weighted by Crippen LogP contribution is 2.27. The maximum Gasteiger partial charge on any atom is 0.261 e. The summed E-state index contributed by atoms with van der Waals surface area (Å²) in [6, 6.07) is 11.3. The lowest BCUT2D eigenvalue weighted by Gasteiger charge is -2.30. The van der Waals surface area contributed by atoms with E-state index in [4.69, 9.17) is 9.47 Å². The summed E-state index contributed by atoms with van der Waals surface area (Å²) >= 11 is 0. The van der Waals surface area contributed by atoms with E-state index in [2.05, 4.69) is 17.0 Å². The van der Waals surface area contributed by atoms with Crippen molar-refractivity contribution < 1.29 is 22.7 Å². The third-order valence-corrected chi connectivity index (χ3v) is 7.21. The maximum atomic E-state index is 13.2. The number of aryl methyl sites for hydroxylation is 1. The first-order valence-corrected chi connectivity index (χ1v) is 12.5. The van der Waals surface area contributed by atoms with Crippen LogP contribution in [0.3, 0.4) is 0 Å². The second-order valence-corrected chi connectivity index (χ2v) is 10.4. The number of likely N-dealkylation sites (N-methyl/N-ethyl adjacent to an activating group) is 1. The van der Waals surface area contributed by atoms with Crippen LogP contribution in [0.15, 0.2) is 47.4 Å². The number of anilines is 1. The second-order valence-electron chi connectivity index (χ2n) is 8.69. The lowest BCUT2D eigenvalue weighted by Crippen LogP contribution is -2.44. The molecule has 1 aliphatic rings. The average molecular weight is 476 g/mol. The van der Waals surface area contributed by atoms with Gasteiger partial charge in [0.1, 0.15) is 12.4 Å². The van der Waals surface area contributed by atoms with Gasteiger partial charge in [-0.2, -0.15) is 0 Å². The fourth-order valence-electron chi connectivity index (χ4n) is 3.65. The molecule has 0 unspecified atom stereocenters. The Labute approximate surface area is 196 Å². The maximum absolute atomic E-state index is 13.2. The summed E-state index contributed by atoms with van der Waals surface area (Å²) in [6.07, 6.45) is -0.122. The Hall–Kier alpha value is -2.62. The molecular weight excluding hydrogens is 442 g/mol. The van der Waals surface area contributed by atoms with Crippen LogP contribution in [-0.2, 0) is 14.8 Å². The molecule has 2 N–H and O–H groups in total. The van der Waals surface area contributed by atoms with Crippen LogP contribution in [-0.4, -0.2) is 65.2 Å². The quantitative estimate of drug-likeness (QED) is 0.706. The van der Waals surface area contributed by atoms with Gasteiger partial charge in [-0.15, -0.1) is 0 Å². The normalized spacial score (nSPS) is 22.5. The van der Waals surface area contributed by atoms with Gasteiger partial charge in [0.15, 0.2) is 0 Å². The van der Waals surface area contributed by atoms with Crippen LogP contribution in [0.2, 0.25) is 0 Å². The molecule has 2 aromatic carbocycles. The third-order valence-electron chi connectivity index (χ3n) is 5.81. The molecule has 0 aromatic heterocycles. The number of carbonyl (C=O) groups is 1. The van der Waals surface area contributed by atoms with Crippen molar-refractivity contribution in [2.45, 2.75) is 37.8 Å². The van der Waals surface area contributed by atoms with E-state index in [9.17, 15) is 13.2 Å². The molecule has 0 spiro atoms. The molecule has 2 aromatic rings. The molecule has 33 heavy (non-hydrogen) atoms. The molecule has 0 fully saturated rings. The van der Waals surface area contributed by atoms with Gasteiger partial charge in [0.2, 0.25) is 0 Å². The topological polar surface area (TPSA) is 97.0 Å². The van der Waals surface area contributed by atoms with Crippen LogP contribution in [0.1, 0.15) is 29.8 Å². The van der Waals surface area contributed by atoms with E-state index in [0.29, 0.717) is 36.7 Å². The number of nitrogens with one attached hydrogen (secondary N) is 2. The summed E-state index contributed by atoms with van der Waals surface area (Å²) in [5.41, 5.74) is 1.66. The van der Waals surface area contributed by atoms with Crippen molar-refractivity contribution in [3.63, 3.8) is 0 Å². The van der Waals surface area contributed by atoms with Crippen LogP contribution in [0.5, 0.6) is 5.75 Å². The fraction of sp³-hybridized carbons (Fsp3) is 0.458. The van der Waals surface area contributed by atoms with Crippen molar-refractivity contribution in [1.29, 1.82) is 0 Å². The Kier molecular flexibility index (Phi) is 7.99. The first kappa shape index (κ1) is 25.0. The fourth-order valence-corrected chi connectivity index (χ4v) is 4.70. The van der Waals surface area contributed by atoms with Gasteiger partial charge in [-0.25, -0.2) is 8.42 Å². The Morgan fingerprint density at radius 3 is 2.52 bits per heavy atom. The van der Waals surface area contributed by atoms with Crippen LogP contribution < -0.4 is 14.8 Å². The summed E-state index contributed by atoms with van der Waals surface area (Å²) < 4.78 is 39.8. The van der Waals surface area contributed by atoms with Crippen molar-refractivity contribution in [3.05, 3.63) is 53.6 Å². The molecule has 0 bridgehead atoms. The standard InChI is InChI=1S/C24H33N3O5S/c1-16-6-9-20(10-7-16)33(29,30)26-19-8-11-21-22(12-19)32-15-18(3)25-13-17(2)23(31-5)14-27(4)24(21)28/h6-12,17-18,23,25-26H,13-15H2,1-5H3/t17-,18-,23-/m0/s1. The first-order chi connectivity index (χ1) is 15.6. The Bertz CT molecular complexity index is 1070. The van der Waals surface area contributed by atoms with Gasteiger partial charge in [0, 0.05) is 39.4 Å². The predicted molar refractivity (Wildman–Crippen MR) is 128 cm³/mol. The number of benzene rings is 2. The predicted octanol–water partition coefficient (Wildman–Crippen LogP) is 2.89. The molecule has 3 atom stereocenters. The molecular formula is C24H33N3O5S. The summed E-state index contributed by atoms with van der Waals surface area (Å²) in [6.45, 7) is 7.44. The van der Waals surface area contributed by atoms with Gasteiger partial charge in [0.05, 0.1) is 22.3 Å². The third kappa shape index (κ3) is 6.25. The highest BCUT2D eigenvalue weighted by Gasteiger charge is 2.26. The minimum absolute atomic E-state index is 0.0259. The van der Waals surface area contributed by atoms with Crippen molar-refractivity contribution in [1.82, 2.24) is 10.2 Å². The van der Waals surface area contributed by atoms with Gasteiger partial charge in [-0.05, 0) is 44.0 Å². The van der Waals surface area contributed by atoms with E-state index in [1.165, 1.54) is 0 Å². The number of hydrogen-bond acceptors (Lipinski definition) is 6. The minimum Gasteiger partial charge on any atom is -0.491 e. The zero-order valence-electron chi connectivity index (χ0n) is 19.8. The second kappa shape index (κ2) is 10.5. The summed E-state index contributed by atoms with van der Waals surface area (Å²) in [5, 5.41) is 3.43. The van der Waals surface area contributed by atoms with E-state index in [1.54, 1.807) is 61.5 Å². The van der Waals surface area contributed by atoms with E-state index in [0.717, 1.165) is 5.56 Å². The number of methoxy groups -OCH3 is 1. The molecule has 1 amide bonds. The lowest BCUT2D eigenvalue weighted by atomic mass is 10.0. The van der Waals surface area contributed by atoms with Gasteiger partial charge < -0.3 is 19.7 Å². The van der Waals surface area contributed by atoms with E-state index < -0.39 is 10.0 Å². The highest BCUT2D eigenvalue weighted by molar-refractivity contribution is 7.92. The van der Waals surface area contributed by atoms with Crippen LogP contribution in [0.25, 0.3) is 0 Å². The number of amides is 1. The molecule has 180 valence electrons. The molecule has 8 nitrogen and oxygen atoms in total. The summed E-state index contributed by atoms with van der Waals surface area (Å²) in [4.78, 5) is 15.0. The van der Waals surface area contributed by atoms with Gasteiger partial charge in [-0.3, -0.25) is 9.52 Å². The number of sulfonamides is 1. The molecule has 0 radical (unpaired) electrons. The molecule has 1 aliphatic heterocycles. The number of nitrogens with zero attached hydrogens (tertiary/aromatic N) is 1. The number of rotatable bonds is 4. The van der Waals surface area contributed by atoms with Gasteiger partial charge in [0.25, 0.3) is 15.9 Å². The lowest BCUT2D eigenvalue weighted by molar-refractivity contribution is 0.0281. The van der Waals surface area contributed by atoms with Crippen LogP contribution in [0, 0.1) is 12.8 Å². The number of fused-ring (bicyclic) bond motifs is 1. The van der Waals surface area contributed by atoms with Crippen molar-refractivity contribution in [2.24, 2.45) is 5.92 Å². The van der Waals surface area contributed by atoms with Gasteiger partial charge in [-0.1, -0.05) is 24.6 Å². The van der Waals surface area contributed by atoms with E-state index >= 15 is 0 Å². The zero-order chi connectivity index (χ0) is 24.2. The SMILES string of the molecule is CO[C@H]1CN(C)C(=O)c2ccc(NS(=O)(=O)c3ccc(C)cc3)cc2OC[C@H](C)NC[C@@H]1C. The van der Waals surface area contributed by atoms with Gasteiger partial charge >= 0.3 is 0 Å². The van der Waals surface area contributed by atoms with Crippen LogP contribution >= 0.6 is 0 Å². The number of carbonyl (C=O) groups excluding carboxylic acids is 1. The minimum atomic E-state index is -3.78.